The van der Waals surface area contributed by atoms with Gasteiger partial charge in [0.05, 0.1) is 22.8 Å². The minimum Gasteiger partial charge on any atom is -0.338 e. The van der Waals surface area contributed by atoms with Gasteiger partial charge in [-0.2, -0.15) is 0 Å². The lowest BCUT2D eigenvalue weighted by atomic mass is 10.2. The van der Waals surface area contributed by atoms with E-state index in [4.69, 9.17) is 0 Å². The molecule has 0 radical (unpaired) electrons. The van der Waals surface area contributed by atoms with Crippen LogP contribution in [0.25, 0.3) is 10.9 Å². The highest BCUT2D eigenvalue weighted by atomic mass is 32.2. The van der Waals surface area contributed by atoms with Crippen LogP contribution in [0.1, 0.15) is 19.2 Å². The highest BCUT2D eigenvalue weighted by Gasteiger charge is 2.33. The summed E-state index contributed by atoms with van der Waals surface area (Å²) in [5, 5.41) is 1.71. The summed E-state index contributed by atoms with van der Waals surface area (Å²) in [5.41, 5.74) is 0.860. The van der Waals surface area contributed by atoms with Gasteiger partial charge in [-0.25, -0.2) is 18.4 Å². The van der Waals surface area contributed by atoms with Crippen LogP contribution in [-0.2, 0) is 14.6 Å². The first-order valence-electron chi connectivity index (χ1n) is 8.25. The van der Waals surface area contributed by atoms with E-state index in [0.29, 0.717) is 18.8 Å². The maximum absolute atomic E-state index is 12.6. The van der Waals surface area contributed by atoms with E-state index in [0.717, 1.165) is 15.9 Å². The van der Waals surface area contributed by atoms with E-state index < -0.39 is 9.84 Å². The average molecular weight is 380 g/mol. The fourth-order valence-corrected chi connectivity index (χ4v) is 5.82. The van der Waals surface area contributed by atoms with Crippen LogP contribution in [0.3, 0.4) is 0 Å². The van der Waals surface area contributed by atoms with Crippen LogP contribution < -0.4 is 0 Å². The lowest BCUT2D eigenvalue weighted by molar-refractivity contribution is -0.129. The second kappa shape index (κ2) is 7.29. The summed E-state index contributed by atoms with van der Waals surface area (Å²) in [4.78, 5) is 23.2. The van der Waals surface area contributed by atoms with E-state index in [1.165, 1.54) is 11.8 Å². The third-order valence-electron chi connectivity index (χ3n) is 4.32. The normalized spacial score (nSPS) is 19.2. The molecule has 0 spiro atoms. The molecule has 8 heteroatoms. The molecule has 2 heterocycles. The molecule has 134 valence electrons. The van der Waals surface area contributed by atoms with Crippen molar-refractivity contribution in [1.82, 2.24) is 14.9 Å². The van der Waals surface area contributed by atoms with Crippen LogP contribution in [0.4, 0.5) is 0 Å². The summed E-state index contributed by atoms with van der Waals surface area (Å²) in [6.45, 7) is 4.24. The minimum atomic E-state index is -3.01. The van der Waals surface area contributed by atoms with E-state index in [-0.39, 0.29) is 29.2 Å². The zero-order valence-corrected chi connectivity index (χ0v) is 15.9. The highest BCUT2D eigenvalue weighted by molar-refractivity contribution is 8.00. The Balaban J connectivity index is 1.74. The zero-order valence-electron chi connectivity index (χ0n) is 14.3. The fourth-order valence-electron chi connectivity index (χ4n) is 3.14. The molecule has 1 aliphatic rings. The first kappa shape index (κ1) is 18.1. The monoisotopic (exact) mass is 379 g/mol. The third-order valence-corrected chi connectivity index (χ3v) is 7.05. The number of carbonyl (C=O) groups excluding carboxylic acids is 1. The second-order valence-corrected chi connectivity index (χ2v) is 9.31. The van der Waals surface area contributed by atoms with Gasteiger partial charge < -0.3 is 4.90 Å². The Morgan fingerprint density at radius 2 is 2.08 bits per heavy atom. The van der Waals surface area contributed by atoms with Crippen LogP contribution in [0.2, 0.25) is 0 Å². The largest absolute Gasteiger partial charge is 0.338 e. The summed E-state index contributed by atoms with van der Waals surface area (Å²) in [6, 6.07) is 7.52. The number of carbonyl (C=O) groups is 1. The number of benzene rings is 1. The Labute approximate surface area is 152 Å². The number of para-hydroxylation sites is 1. The molecule has 2 aromatic rings. The van der Waals surface area contributed by atoms with Gasteiger partial charge in [0.2, 0.25) is 5.91 Å². The van der Waals surface area contributed by atoms with Crippen molar-refractivity contribution < 1.29 is 13.2 Å². The van der Waals surface area contributed by atoms with Gasteiger partial charge in [0.1, 0.15) is 10.9 Å². The Kier molecular flexibility index (Phi) is 5.29. The van der Waals surface area contributed by atoms with E-state index in [1.807, 2.05) is 38.1 Å². The number of hydrogen-bond donors (Lipinski definition) is 0. The van der Waals surface area contributed by atoms with Crippen molar-refractivity contribution in [2.45, 2.75) is 31.3 Å². The molecule has 0 N–H and O–H groups in total. The number of rotatable bonds is 5. The van der Waals surface area contributed by atoms with E-state index >= 15 is 0 Å². The third kappa shape index (κ3) is 4.12. The maximum Gasteiger partial charge on any atom is 0.233 e. The number of thioether (sulfide) groups is 1. The molecule has 1 aliphatic heterocycles. The molecule has 1 fully saturated rings. The maximum atomic E-state index is 12.6. The number of nitrogens with zero attached hydrogens (tertiary/aromatic N) is 3. The Morgan fingerprint density at radius 1 is 1.32 bits per heavy atom. The second-order valence-electron chi connectivity index (χ2n) is 6.12. The summed E-state index contributed by atoms with van der Waals surface area (Å²) in [5.74, 6) is 1.11. The summed E-state index contributed by atoms with van der Waals surface area (Å²) in [7, 11) is -3.01. The fraction of sp³-hybridized carbons (Fsp3) is 0.471. The lowest BCUT2D eigenvalue weighted by Crippen LogP contribution is -2.41. The Morgan fingerprint density at radius 3 is 2.76 bits per heavy atom. The van der Waals surface area contributed by atoms with Gasteiger partial charge in [0.15, 0.2) is 9.84 Å². The predicted octanol–water partition coefficient (Wildman–Crippen LogP) is 2.07. The van der Waals surface area contributed by atoms with Crippen molar-refractivity contribution in [3.8, 4) is 0 Å². The van der Waals surface area contributed by atoms with Gasteiger partial charge in [-0.3, -0.25) is 4.79 Å². The van der Waals surface area contributed by atoms with Crippen LogP contribution in [0.5, 0.6) is 0 Å². The molecule has 1 atom stereocenters. The molecule has 1 amide bonds. The van der Waals surface area contributed by atoms with Crippen molar-refractivity contribution >= 4 is 38.4 Å². The number of aromatic nitrogens is 2. The summed E-state index contributed by atoms with van der Waals surface area (Å²) >= 11 is 1.38. The van der Waals surface area contributed by atoms with Crippen molar-refractivity contribution in [3.05, 3.63) is 30.1 Å². The standard InChI is InChI=1S/C17H21N3O3S2/c1-3-20(13-8-9-25(22,23)11-13)16(21)10-24-17-14-6-4-5-7-15(14)18-12(2)19-17/h4-7,13H,3,8-11H2,1-2H3/t13-/m0/s1. The summed E-state index contributed by atoms with van der Waals surface area (Å²) < 4.78 is 23.4. The number of aryl methyl sites for hydroxylation is 1. The summed E-state index contributed by atoms with van der Waals surface area (Å²) in [6.07, 6.45) is 0.530. The lowest BCUT2D eigenvalue weighted by Gasteiger charge is -2.26. The Hall–Kier alpha value is -1.67. The molecule has 3 rings (SSSR count). The first-order valence-corrected chi connectivity index (χ1v) is 11.1. The molecular weight excluding hydrogens is 358 g/mol. The van der Waals surface area contributed by atoms with Crippen molar-refractivity contribution in [2.24, 2.45) is 0 Å². The minimum absolute atomic E-state index is 0.0463. The van der Waals surface area contributed by atoms with E-state index in [1.54, 1.807) is 4.90 Å². The molecule has 1 aromatic carbocycles. The molecule has 0 saturated carbocycles. The smallest absolute Gasteiger partial charge is 0.233 e. The quantitative estimate of drug-likeness (QED) is 0.584. The van der Waals surface area contributed by atoms with Crippen molar-refractivity contribution in [1.29, 1.82) is 0 Å². The number of sulfone groups is 1. The van der Waals surface area contributed by atoms with Gasteiger partial charge in [-0.15, -0.1) is 0 Å². The number of amides is 1. The predicted molar refractivity (Wildman–Crippen MR) is 99.4 cm³/mol. The van der Waals surface area contributed by atoms with Gasteiger partial charge in [-0.05, 0) is 26.3 Å². The number of hydrogen-bond acceptors (Lipinski definition) is 6. The molecule has 6 nitrogen and oxygen atoms in total. The molecule has 1 aromatic heterocycles. The topological polar surface area (TPSA) is 80.2 Å². The molecule has 1 saturated heterocycles. The van der Waals surface area contributed by atoms with Crippen LogP contribution in [0, 0.1) is 6.92 Å². The van der Waals surface area contributed by atoms with Gasteiger partial charge in [0.25, 0.3) is 0 Å². The van der Waals surface area contributed by atoms with Gasteiger partial charge in [-0.1, -0.05) is 30.0 Å². The van der Waals surface area contributed by atoms with Crippen molar-refractivity contribution in [2.75, 3.05) is 23.8 Å². The van der Waals surface area contributed by atoms with E-state index in [2.05, 4.69) is 9.97 Å². The highest BCUT2D eigenvalue weighted by Crippen LogP contribution is 2.26. The Bertz CT molecular complexity index is 899. The number of fused-ring (bicyclic) bond motifs is 1. The molecule has 0 unspecified atom stereocenters. The van der Waals surface area contributed by atoms with Crippen LogP contribution in [-0.4, -0.2) is 59.0 Å². The van der Waals surface area contributed by atoms with Crippen LogP contribution in [0.15, 0.2) is 29.3 Å². The van der Waals surface area contributed by atoms with Crippen molar-refractivity contribution in [3.63, 3.8) is 0 Å². The first-order chi connectivity index (χ1) is 11.9. The molecular formula is C17H21N3O3S2. The molecule has 25 heavy (non-hydrogen) atoms. The van der Waals surface area contributed by atoms with Gasteiger partial charge >= 0.3 is 0 Å². The molecule has 0 bridgehead atoms. The SMILES string of the molecule is CCN(C(=O)CSc1nc(C)nc2ccccc12)[C@H]1CCS(=O)(=O)C1. The average Bonchev–Trinajstić information content (AvgIpc) is 2.92. The van der Waals surface area contributed by atoms with E-state index in [9.17, 15) is 13.2 Å². The van der Waals surface area contributed by atoms with Crippen LogP contribution >= 0.6 is 11.8 Å². The molecule has 0 aliphatic carbocycles. The zero-order chi connectivity index (χ0) is 18.0. The van der Waals surface area contributed by atoms with Gasteiger partial charge in [0, 0.05) is 18.0 Å².